The molecule has 0 fully saturated rings. The van der Waals surface area contributed by atoms with Gasteiger partial charge in [-0.3, -0.25) is 4.72 Å². The number of aryl methyl sites for hydroxylation is 1. The number of anilines is 1. The normalized spacial score (nSPS) is 11.3. The van der Waals surface area contributed by atoms with E-state index in [4.69, 9.17) is 5.73 Å². The van der Waals surface area contributed by atoms with Crippen molar-refractivity contribution in [3.8, 4) is 0 Å². The van der Waals surface area contributed by atoms with Crippen molar-refractivity contribution in [1.29, 1.82) is 0 Å². The minimum Gasteiger partial charge on any atom is -0.330 e. The molecule has 0 atom stereocenters. The van der Waals surface area contributed by atoms with E-state index in [0.717, 1.165) is 24.7 Å². The van der Waals surface area contributed by atoms with Crippen LogP contribution in [0.5, 0.6) is 0 Å². The van der Waals surface area contributed by atoms with Crippen LogP contribution in [0.1, 0.15) is 12.0 Å². The van der Waals surface area contributed by atoms with E-state index in [-0.39, 0.29) is 0 Å². The van der Waals surface area contributed by atoms with Crippen molar-refractivity contribution in [3.05, 3.63) is 29.8 Å². The van der Waals surface area contributed by atoms with Gasteiger partial charge >= 0.3 is 0 Å². The van der Waals surface area contributed by atoms with E-state index in [1.54, 1.807) is 12.1 Å². The number of hydrogen-bond donors (Lipinski definition) is 2. The van der Waals surface area contributed by atoms with Crippen molar-refractivity contribution in [3.63, 3.8) is 0 Å². The minimum absolute atomic E-state index is 0.604. The summed E-state index contributed by atoms with van der Waals surface area (Å²) >= 11 is 0. The Bertz CT molecular complexity index is 415. The first-order valence-corrected chi connectivity index (χ1v) is 6.68. The highest BCUT2D eigenvalue weighted by Gasteiger charge is 2.05. The first kappa shape index (κ1) is 12.0. The van der Waals surface area contributed by atoms with Gasteiger partial charge in [-0.2, -0.15) is 0 Å². The van der Waals surface area contributed by atoms with Crippen molar-refractivity contribution < 1.29 is 8.42 Å². The maximum Gasteiger partial charge on any atom is 0.229 e. The molecule has 0 aliphatic heterocycles. The average molecular weight is 228 g/mol. The van der Waals surface area contributed by atoms with Crippen molar-refractivity contribution >= 4 is 15.7 Å². The van der Waals surface area contributed by atoms with Gasteiger partial charge in [0.2, 0.25) is 10.0 Å². The lowest BCUT2D eigenvalue weighted by Gasteiger charge is -2.09. The van der Waals surface area contributed by atoms with E-state index in [2.05, 4.69) is 4.72 Å². The van der Waals surface area contributed by atoms with Gasteiger partial charge in [-0.15, -0.1) is 0 Å². The Hall–Kier alpha value is -1.07. The first-order chi connectivity index (χ1) is 7.03. The predicted molar refractivity (Wildman–Crippen MR) is 62.3 cm³/mol. The number of hydrogen-bond acceptors (Lipinski definition) is 3. The van der Waals surface area contributed by atoms with E-state index in [1.165, 1.54) is 0 Å². The van der Waals surface area contributed by atoms with Gasteiger partial charge < -0.3 is 5.73 Å². The van der Waals surface area contributed by atoms with Crippen LogP contribution in [0.2, 0.25) is 0 Å². The van der Waals surface area contributed by atoms with E-state index >= 15 is 0 Å². The highest BCUT2D eigenvalue weighted by molar-refractivity contribution is 7.92. The van der Waals surface area contributed by atoms with Gasteiger partial charge in [0.25, 0.3) is 0 Å². The van der Waals surface area contributed by atoms with E-state index in [0.29, 0.717) is 12.2 Å². The third-order valence-corrected chi connectivity index (χ3v) is 2.55. The van der Waals surface area contributed by atoms with Gasteiger partial charge in [0, 0.05) is 0 Å². The maximum atomic E-state index is 11.1. The van der Waals surface area contributed by atoms with Gasteiger partial charge in [0.15, 0.2) is 0 Å². The smallest absolute Gasteiger partial charge is 0.229 e. The fourth-order valence-electron chi connectivity index (χ4n) is 1.33. The molecule has 3 N–H and O–H groups in total. The highest BCUT2D eigenvalue weighted by atomic mass is 32.2. The molecule has 84 valence electrons. The number of benzene rings is 1. The Balaban J connectivity index is 2.86. The predicted octanol–water partition coefficient (Wildman–Crippen LogP) is 0.949. The first-order valence-electron chi connectivity index (χ1n) is 4.78. The van der Waals surface area contributed by atoms with Crippen LogP contribution < -0.4 is 10.5 Å². The van der Waals surface area contributed by atoms with Crippen LogP contribution in [0.4, 0.5) is 5.69 Å². The molecule has 15 heavy (non-hydrogen) atoms. The zero-order valence-corrected chi connectivity index (χ0v) is 9.55. The van der Waals surface area contributed by atoms with Gasteiger partial charge in [-0.1, -0.05) is 18.2 Å². The second kappa shape index (κ2) is 5.14. The Kier molecular flexibility index (Phi) is 4.11. The Labute approximate surface area is 90.5 Å². The summed E-state index contributed by atoms with van der Waals surface area (Å²) in [4.78, 5) is 0. The summed E-state index contributed by atoms with van der Waals surface area (Å²) in [6.07, 6.45) is 2.78. The molecule has 0 spiro atoms. The van der Waals surface area contributed by atoms with Crippen LogP contribution in [0.25, 0.3) is 0 Å². The van der Waals surface area contributed by atoms with Gasteiger partial charge in [0.1, 0.15) is 0 Å². The molecule has 0 heterocycles. The molecule has 5 heteroatoms. The second-order valence-corrected chi connectivity index (χ2v) is 5.17. The molecule has 0 saturated heterocycles. The lowest BCUT2D eigenvalue weighted by Crippen LogP contribution is -2.11. The summed E-state index contributed by atoms with van der Waals surface area (Å²) in [5.74, 6) is 0. The van der Waals surface area contributed by atoms with E-state index in [1.807, 2.05) is 12.1 Å². The third-order valence-electron chi connectivity index (χ3n) is 1.96. The Morgan fingerprint density at radius 2 is 2.00 bits per heavy atom. The number of nitrogens with two attached hydrogens (primary N) is 1. The maximum absolute atomic E-state index is 11.1. The van der Waals surface area contributed by atoms with Crippen molar-refractivity contribution in [2.45, 2.75) is 12.8 Å². The molecule has 0 saturated carbocycles. The fraction of sp³-hybridized carbons (Fsp3) is 0.400. The van der Waals surface area contributed by atoms with Crippen molar-refractivity contribution in [2.24, 2.45) is 5.73 Å². The zero-order chi connectivity index (χ0) is 11.3. The molecule has 0 amide bonds. The third kappa shape index (κ3) is 4.31. The van der Waals surface area contributed by atoms with E-state index < -0.39 is 10.0 Å². The zero-order valence-electron chi connectivity index (χ0n) is 8.73. The van der Waals surface area contributed by atoms with Crippen LogP contribution in [-0.4, -0.2) is 21.2 Å². The van der Waals surface area contributed by atoms with Crippen LogP contribution in [0, 0.1) is 0 Å². The lowest BCUT2D eigenvalue weighted by molar-refractivity contribution is 0.606. The molecular weight excluding hydrogens is 212 g/mol. The van der Waals surface area contributed by atoms with Crippen LogP contribution in [0.15, 0.2) is 24.3 Å². The van der Waals surface area contributed by atoms with Crippen LogP contribution in [0.3, 0.4) is 0 Å². The SMILES string of the molecule is CS(=O)(=O)Nc1ccccc1CCCN. The summed E-state index contributed by atoms with van der Waals surface area (Å²) < 4.78 is 24.7. The van der Waals surface area contributed by atoms with Crippen LogP contribution in [-0.2, 0) is 16.4 Å². The minimum atomic E-state index is -3.21. The summed E-state index contributed by atoms with van der Waals surface area (Å²) in [6.45, 7) is 0.604. The fourth-order valence-corrected chi connectivity index (χ4v) is 1.93. The van der Waals surface area contributed by atoms with Crippen molar-refractivity contribution in [1.82, 2.24) is 0 Å². The number of para-hydroxylation sites is 1. The number of sulfonamides is 1. The quantitative estimate of drug-likeness (QED) is 0.788. The Morgan fingerprint density at radius 1 is 1.33 bits per heavy atom. The molecule has 0 unspecified atom stereocenters. The topological polar surface area (TPSA) is 72.2 Å². The lowest BCUT2D eigenvalue weighted by atomic mass is 10.1. The summed E-state index contributed by atoms with van der Waals surface area (Å²) in [5, 5.41) is 0. The monoisotopic (exact) mass is 228 g/mol. The van der Waals surface area contributed by atoms with Gasteiger partial charge in [-0.25, -0.2) is 8.42 Å². The highest BCUT2D eigenvalue weighted by Crippen LogP contribution is 2.17. The largest absolute Gasteiger partial charge is 0.330 e. The number of nitrogens with one attached hydrogen (secondary N) is 1. The Morgan fingerprint density at radius 3 is 2.60 bits per heavy atom. The molecule has 0 aliphatic carbocycles. The average Bonchev–Trinajstić information content (AvgIpc) is 2.14. The standard InChI is InChI=1S/C10H16N2O2S/c1-15(13,14)12-10-7-3-2-5-9(10)6-4-8-11/h2-3,5,7,12H,4,6,8,11H2,1H3. The van der Waals surface area contributed by atoms with Crippen molar-refractivity contribution in [2.75, 3.05) is 17.5 Å². The molecule has 1 rings (SSSR count). The summed E-state index contributed by atoms with van der Waals surface area (Å²) in [7, 11) is -3.21. The molecule has 0 aliphatic rings. The molecular formula is C10H16N2O2S. The van der Waals surface area contributed by atoms with Gasteiger partial charge in [0.05, 0.1) is 11.9 Å². The van der Waals surface area contributed by atoms with Gasteiger partial charge in [-0.05, 0) is 31.0 Å². The molecule has 1 aromatic rings. The number of rotatable bonds is 5. The second-order valence-electron chi connectivity index (χ2n) is 3.42. The molecule has 1 aromatic carbocycles. The van der Waals surface area contributed by atoms with E-state index in [9.17, 15) is 8.42 Å². The molecule has 4 nitrogen and oxygen atoms in total. The molecule has 0 aromatic heterocycles. The molecule has 0 radical (unpaired) electrons. The van der Waals surface area contributed by atoms with Crippen LogP contribution >= 0.6 is 0 Å². The summed E-state index contributed by atoms with van der Waals surface area (Å²) in [5.41, 5.74) is 7.04. The molecule has 0 bridgehead atoms. The summed E-state index contributed by atoms with van der Waals surface area (Å²) in [6, 6.07) is 7.36.